The third kappa shape index (κ3) is 4.58. The van der Waals surface area contributed by atoms with Gasteiger partial charge in [0.2, 0.25) is 11.8 Å². The molecule has 1 aliphatic rings. The third-order valence-electron chi connectivity index (χ3n) is 5.68. The van der Waals surface area contributed by atoms with E-state index in [1.165, 1.54) is 23.9 Å². The van der Waals surface area contributed by atoms with E-state index in [4.69, 9.17) is 0 Å². The van der Waals surface area contributed by atoms with E-state index < -0.39 is 6.04 Å². The van der Waals surface area contributed by atoms with Crippen molar-refractivity contribution >= 4 is 34.6 Å². The first-order valence-electron chi connectivity index (χ1n) is 10.3. The SMILES string of the molecule is C[C@H](NC(=O)[C@@H]1CCCN1C(=O)CSc1nc2ccccc2n1C)c1ccc(F)cc1. The molecule has 2 atom stereocenters. The average molecular weight is 441 g/mol. The minimum Gasteiger partial charge on any atom is -0.348 e. The number of para-hydroxylation sites is 2. The Labute approximate surface area is 184 Å². The molecule has 0 radical (unpaired) electrons. The molecule has 0 saturated carbocycles. The summed E-state index contributed by atoms with van der Waals surface area (Å²) >= 11 is 1.39. The van der Waals surface area contributed by atoms with E-state index in [-0.39, 0.29) is 29.4 Å². The fourth-order valence-electron chi connectivity index (χ4n) is 3.94. The topological polar surface area (TPSA) is 67.2 Å². The molecule has 0 unspecified atom stereocenters. The van der Waals surface area contributed by atoms with Gasteiger partial charge >= 0.3 is 0 Å². The third-order valence-corrected chi connectivity index (χ3v) is 6.69. The van der Waals surface area contributed by atoms with Crippen LogP contribution in [0.3, 0.4) is 0 Å². The number of nitrogens with one attached hydrogen (secondary N) is 1. The number of carbonyl (C=O) groups is 2. The molecule has 0 aliphatic carbocycles. The molecule has 2 amide bonds. The molecule has 0 spiro atoms. The van der Waals surface area contributed by atoms with Gasteiger partial charge in [-0.2, -0.15) is 0 Å². The van der Waals surface area contributed by atoms with Crippen LogP contribution in [0.2, 0.25) is 0 Å². The predicted molar refractivity (Wildman–Crippen MR) is 119 cm³/mol. The van der Waals surface area contributed by atoms with Crippen LogP contribution in [-0.4, -0.2) is 44.6 Å². The van der Waals surface area contributed by atoms with E-state index in [1.54, 1.807) is 17.0 Å². The Hall–Kier alpha value is -2.87. The highest BCUT2D eigenvalue weighted by Gasteiger charge is 2.34. The lowest BCUT2D eigenvalue weighted by atomic mass is 10.1. The van der Waals surface area contributed by atoms with E-state index >= 15 is 0 Å². The maximum atomic E-state index is 13.1. The Morgan fingerprint density at radius 3 is 2.71 bits per heavy atom. The summed E-state index contributed by atoms with van der Waals surface area (Å²) in [5.74, 6) is -0.318. The molecule has 1 aromatic heterocycles. The Morgan fingerprint density at radius 2 is 1.97 bits per heavy atom. The van der Waals surface area contributed by atoms with Crippen molar-refractivity contribution in [2.45, 2.75) is 37.0 Å². The van der Waals surface area contributed by atoms with Gasteiger partial charge in [0, 0.05) is 13.6 Å². The van der Waals surface area contributed by atoms with Crippen LogP contribution < -0.4 is 5.32 Å². The van der Waals surface area contributed by atoms with Gasteiger partial charge in [-0.05, 0) is 49.6 Å². The van der Waals surface area contributed by atoms with E-state index in [0.29, 0.717) is 13.0 Å². The zero-order valence-electron chi connectivity index (χ0n) is 17.5. The monoisotopic (exact) mass is 440 g/mol. The molecule has 1 saturated heterocycles. The first kappa shape index (κ1) is 21.4. The van der Waals surface area contributed by atoms with Gasteiger partial charge in [0.25, 0.3) is 0 Å². The maximum Gasteiger partial charge on any atom is 0.243 e. The second-order valence-electron chi connectivity index (χ2n) is 7.76. The number of rotatable bonds is 6. The summed E-state index contributed by atoms with van der Waals surface area (Å²) in [6, 6.07) is 13.2. The fraction of sp³-hybridized carbons (Fsp3) is 0.348. The summed E-state index contributed by atoms with van der Waals surface area (Å²) in [4.78, 5) is 32.0. The summed E-state index contributed by atoms with van der Waals surface area (Å²) in [5.41, 5.74) is 2.74. The van der Waals surface area contributed by atoms with Gasteiger partial charge in [-0.3, -0.25) is 9.59 Å². The molecule has 1 fully saturated rings. The van der Waals surface area contributed by atoms with Gasteiger partial charge in [-0.25, -0.2) is 9.37 Å². The summed E-state index contributed by atoms with van der Waals surface area (Å²) in [5, 5.41) is 3.74. The zero-order chi connectivity index (χ0) is 22.0. The van der Waals surface area contributed by atoms with Gasteiger partial charge in [0.05, 0.1) is 22.8 Å². The number of imidazole rings is 1. The van der Waals surface area contributed by atoms with E-state index in [9.17, 15) is 14.0 Å². The lowest BCUT2D eigenvalue weighted by Gasteiger charge is -2.25. The minimum absolute atomic E-state index is 0.0656. The quantitative estimate of drug-likeness (QED) is 0.594. The van der Waals surface area contributed by atoms with Crippen LogP contribution >= 0.6 is 11.8 Å². The van der Waals surface area contributed by atoms with Gasteiger partial charge in [-0.15, -0.1) is 0 Å². The molecule has 1 aliphatic heterocycles. The molecule has 162 valence electrons. The predicted octanol–water partition coefficient (Wildman–Crippen LogP) is 3.67. The van der Waals surface area contributed by atoms with E-state index in [1.807, 2.05) is 42.8 Å². The second kappa shape index (κ2) is 9.09. The number of aryl methyl sites for hydroxylation is 1. The number of nitrogens with zero attached hydrogens (tertiary/aromatic N) is 3. The summed E-state index contributed by atoms with van der Waals surface area (Å²) in [7, 11) is 1.94. The van der Waals surface area contributed by atoms with E-state index in [0.717, 1.165) is 28.2 Å². The molecular weight excluding hydrogens is 415 g/mol. The number of thioether (sulfide) groups is 1. The second-order valence-corrected chi connectivity index (χ2v) is 8.70. The van der Waals surface area contributed by atoms with Crippen molar-refractivity contribution in [3.8, 4) is 0 Å². The molecule has 31 heavy (non-hydrogen) atoms. The zero-order valence-corrected chi connectivity index (χ0v) is 18.4. The Morgan fingerprint density at radius 1 is 1.23 bits per heavy atom. The highest BCUT2D eigenvalue weighted by molar-refractivity contribution is 7.99. The standard InChI is InChI=1S/C23H25FN4O2S/c1-15(16-9-11-17(24)12-10-16)25-22(30)20-8-5-13-28(20)21(29)14-31-23-26-18-6-3-4-7-19(18)27(23)2/h3-4,6-7,9-12,15,20H,5,8,13-14H2,1-2H3,(H,25,30)/t15-,20-/m0/s1. The smallest absolute Gasteiger partial charge is 0.243 e. The fourth-order valence-corrected chi connectivity index (χ4v) is 4.82. The Bertz CT molecular complexity index is 1100. The van der Waals surface area contributed by atoms with Crippen LogP contribution in [-0.2, 0) is 16.6 Å². The van der Waals surface area contributed by atoms with Crippen molar-refractivity contribution in [2.24, 2.45) is 7.05 Å². The molecule has 6 nitrogen and oxygen atoms in total. The number of carbonyl (C=O) groups excluding carboxylic acids is 2. The number of amides is 2. The minimum atomic E-state index is -0.476. The van der Waals surface area contributed by atoms with Crippen molar-refractivity contribution in [3.05, 3.63) is 59.9 Å². The summed E-state index contributed by atoms with van der Waals surface area (Å²) in [6.45, 7) is 2.43. The van der Waals surface area contributed by atoms with Crippen LogP contribution in [0.4, 0.5) is 4.39 Å². The van der Waals surface area contributed by atoms with Gasteiger partial charge in [-0.1, -0.05) is 36.0 Å². The Kier molecular flexibility index (Phi) is 6.27. The molecule has 3 aromatic rings. The Balaban J connectivity index is 1.37. The average Bonchev–Trinajstić information content (AvgIpc) is 3.38. The molecule has 2 aromatic carbocycles. The lowest BCUT2D eigenvalue weighted by molar-refractivity contribution is -0.136. The number of halogens is 1. The molecule has 0 bridgehead atoms. The molecule has 1 N–H and O–H groups in total. The van der Waals surface area contributed by atoms with Crippen LogP contribution in [0.25, 0.3) is 11.0 Å². The normalized spacial score (nSPS) is 17.1. The molecule has 8 heteroatoms. The number of aromatic nitrogens is 2. The van der Waals surface area contributed by atoms with Gasteiger partial charge in [0.15, 0.2) is 5.16 Å². The maximum absolute atomic E-state index is 13.1. The highest BCUT2D eigenvalue weighted by atomic mass is 32.2. The largest absolute Gasteiger partial charge is 0.348 e. The van der Waals surface area contributed by atoms with Crippen LogP contribution in [0, 0.1) is 5.82 Å². The van der Waals surface area contributed by atoms with Crippen LogP contribution in [0.5, 0.6) is 0 Å². The number of benzene rings is 2. The number of hydrogen-bond donors (Lipinski definition) is 1. The summed E-state index contributed by atoms with van der Waals surface area (Å²) < 4.78 is 15.1. The van der Waals surface area contributed by atoms with Crippen LogP contribution in [0.1, 0.15) is 31.4 Å². The number of fused-ring (bicyclic) bond motifs is 1. The van der Waals surface area contributed by atoms with Crippen LogP contribution in [0.15, 0.2) is 53.7 Å². The molecular formula is C23H25FN4O2S. The molecule has 2 heterocycles. The van der Waals surface area contributed by atoms with Crippen molar-refractivity contribution in [3.63, 3.8) is 0 Å². The molecule has 4 rings (SSSR count). The van der Waals surface area contributed by atoms with Crippen molar-refractivity contribution in [2.75, 3.05) is 12.3 Å². The first-order chi connectivity index (χ1) is 14.9. The number of hydrogen-bond acceptors (Lipinski definition) is 4. The van der Waals surface area contributed by atoms with Crippen molar-refractivity contribution in [1.82, 2.24) is 19.8 Å². The van der Waals surface area contributed by atoms with Gasteiger partial charge < -0.3 is 14.8 Å². The lowest BCUT2D eigenvalue weighted by Crippen LogP contribution is -2.47. The first-order valence-corrected chi connectivity index (χ1v) is 11.3. The van der Waals surface area contributed by atoms with Gasteiger partial charge in [0.1, 0.15) is 11.9 Å². The highest BCUT2D eigenvalue weighted by Crippen LogP contribution is 2.25. The number of likely N-dealkylation sites (tertiary alicyclic amines) is 1. The van der Waals surface area contributed by atoms with Crippen molar-refractivity contribution in [1.29, 1.82) is 0 Å². The van der Waals surface area contributed by atoms with Crippen molar-refractivity contribution < 1.29 is 14.0 Å². The van der Waals surface area contributed by atoms with E-state index in [2.05, 4.69) is 10.3 Å². The summed E-state index contributed by atoms with van der Waals surface area (Å²) in [6.07, 6.45) is 1.44.